The van der Waals surface area contributed by atoms with Gasteiger partial charge in [-0.15, -0.1) is 5.10 Å². The highest BCUT2D eigenvalue weighted by molar-refractivity contribution is 9.10. The third-order valence-corrected chi connectivity index (χ3v) is 4.04. The van der Waals surface area contributed by atoms with Crippen molar-refractivity contribution in [3.05, 3.63) is 28.2 Å². The first-order valence-corrected chi connectivity index (χ1v) is 7.42. The fraction of sp³-hybridized carbons (Fsp3) is 0.167. The van der Waals surface area contributed by atoms with Crippen molar-refractivity contribution < 1.29 is 19.8 Å². The third-order valence-electron chi connectivity index (χ3n) is 2.47. The topological polar surface area (TPSA) is 111 Å². The summed E-state index contributed by atoms with van der Waals surface area (Å²) in [6.07, 6.45) is 1.07. The van der Waals surface area contributed by atoms with Gasteiger partial charge in [-0.2, -0.15) is 5.10 Å². The average Bonchev–Trinajstić information content (AvgIpc) is 2.73. The van der Waals surface area contributed by atoms with Gasteiger partial charge in [0, 0.05) is 10.0 Å². The predicted octanol–water partition coefficient (Wildman–Crippen LogP) is 1.55. The molecule has 1 aliphatic rings. The lowest BCUT2D eigenvalue weighted by Crippen LogP contribution is -2.26. The van der Waals surface area contributed by atoms with E-state index in [4.69, 9.17) is 5.11 Å². The monoisotopic (exact) mass is 371 g/mol. The van der Waals surface area contributed by atoms with E-state index in [-0.39, 0.29) is 17.3 Å². The lowest BCUT2D eigenvalue weighted by Gasteiger charge is -1.98. The van der Waals surface area contributed by atoms with E-state index in [1.807, 2.05) is 0 Å². The Morgan fingerprint density at radius 1 is 1.52 bits per heavy atom. The Balaban J connectivity index is 2.05. The molecular weight excluding hydrogens is 362 g/mol. The van der Waals surface area contributed by atoms with Gasteiger partial charge in [-0.25, -0.2) is 0 Å². The number of benzene rings is 1. The molecule has 2 rings (SSSR count). The molecule has 1 aromatic carbocycles. The number of carboxylic acid groups (broad SMARTS) is 1. The number of thioether (sulfide) groups is 1. The average molecular weight is 372 g/mol. The maximum Gasteiger partial charge on any atom is 0.305 e. The number of nitrogens with zero attached hydrogens (tertiary/aromatic N) is 2. The zero-order valence-corrected chi connectivity index (χ0v) is 12.9. The van der Waals surface area contributed by atoms with Crippen molar-refractivity contribution in [2.75, 3.05) is 0 Å². The number of carbonyl (C=O) groups excluding carboxylic acids is 1. The Hall–Kier alpha value is -1.87. The largest absolute Gasteiger partial charge is 0.507 e. The summed E-state index contributed by atoms with van der Waals surface area (Å²) in [6, 6.07) is 4.85. The number of phenolic OH excluding ortho intramolecular Hbond substituents is 1. The van der Waals surface area contributed by atoms with E-state index < -0.39 is 17.1 Å². The van der Waals surface area contributed by atoms with E-state index in [0.29, 0.717) is 5.56 Å². The standard InChI is InChI=1S/C12H10BrN3O4S/c13-7-1-2-8(17)6(3-7)5-14-16-12-15-11(20)9(21-12)4-10(18)19/h1-3,5,9,17H,4H2,(H,18,19)(H,15,16,20). The number of hydrogen-bond donors (Lipinski definition) is 3. The molecule has 1 fully saturated rings. The van der Waals surface area contributed by atoms with Crippen LogP contribution in [0.1, 0.15) is 12.0 Å². The quantitative estimate of drug-likeness (QED) is 0.549. The molecule has 1 unspecified atom stereocenters. The fourth-order valence-electron chi connectivity index (χ4n) is 1.52. The summed E-state index contributed by atoms with van der Waals surface area (Å²) in [7, 11) is 0. The molecule has 110 valence electrons. The van der Waals surface area contributed by atoms with Crippen LogP contribution in [0.4, 0.5) is 0 Å². The fourth-order valence-corrected chi connectivity index (χ4v) is 2.81. The molecule has 0 radical (unpaired) electrons. The molecule has 0 saturated carbocycles. The predicted molar refractivity (Wildman–Crippen MR) is 82.6 cm³/mol. The number of amidine groups is 1. The zero-order valence-electron chi connectivity index (χ0n) is 10.5. The van der Waals surface area contributed by atoms with Crippen molar-refractivity contribution in [3.8, 4) is 5.75 Å². The summed E-state index contributed by atoms with van der Waals surface area (Å²) < 4.78 is 0.777. The van der Waals surface area contributed by atoms with Crippen LogP contribution in [0.25, 0.3) is 0 Å². The van der Waals surface area contributed by atoms with Crippen LogP contribution in [0, 0.1) is 0 Å². The molecule has 1 amide bonds. The second-order valence-corrected chi connectivity index (χ2v) is 6.15. The van der Waals surface area contributed by atoms with Crippen molar-refractivity contribution in [1.29, 1.82) is 0 Å². The zero-order chi connectivity index (χ0) is 15.4. The molecule has 0 spiro atoms. The number of rotatable bonds is 4. The first kappa shape index (κ1) is 15.5. The SMILES string of the molecule is O=C(O)CC1SC(=NN=Cc2cc(Br)ccc2O)NC1=O. The molecule has 0 aliphatic carbocycles. The van der Waals surface area contributed by atoms with Gasteiger partial charge in [0.2, 0.25) is 5.91 Å². The smallest absolute Gasteiger partial charge is 0.305 e. The van der Waals surface area contributed by atoms with Crippen LogP contribution in [0.15, 0.2) is 32.9 Å². The summed E-state index contributed by atoms with van der Waals surface area (Å²) in [5.41, 5.74) is 0.463. The van der Waals surface area contributed by atoms with Gasteiger partial charge in [0.1, 0.15) is 11.0 Å². The normalized spacial score (nSPS) is 20.1. The summed E-state index contributed by atoms with van der Waals surface area (Å²) in [4.78, 5) is 22.1. The van der Waals surface area contributed by atoms with E-state index in [0.717, 1.165) is 16.2 Å². The van der Waals surface area contributed by atoms with Crippen LogP contribution in [0.5, 0.6) is 5.75 Å². The number of nitrogens with one attached hydrogen (secondary N) is 1. The van der Waals surface area contributed by atoms with Crippen molar-refractivity contribution in [3.63, 3.8) is 0 Å². The van der Waals surface area contributed by atoms with Crippen LogP contribution in [-0.4, -0.2) is 38.7 Å². The second kappa shape index (κ2) is 6.72. The van der Waals surface area contributed by atoms with Gasteiger partial charge >= 0.3 is 5.97 Å². The van der Waals surface area contributed by atoms with Crippen molar-refractivity contribution >= 4 is 51.0 Å². The lowest BCUT2D eigenvalue weighted by atomic mass is 10.2. The molecule has 0 bridgehead atoms. The minimum absolute atomic E-state index is 0.0500. The molecule has 1 atom stereocenters. The molecule has 1 aromatic rings. The number of aliphatic carboxylic acids is 1. The maximum atomic E-state index is 11.5. The number of phenols is 1. The summed E-state index contributed by atoms with van der Waals surface area (Å²) >= 11 is 4.28. The lowest BCUT2D eigenvalue weighted by molar-refractivity contribution is -0.138. The summed E-state index contributed by atoms with van der Waals surface area (Å²) in [5.74, 6) is -1.40. The first-order valence-electron chi connectivity index (χ1n) is 5.74. The Bertz CT molecular complexity index is 647. The molecular formula is C12H10BrN3O4S. The highest BCUT2D eigenvalue weighted by Gasteiger charge is 2.32. The van der Waals surface area contributed by atoms with Crippen LogP contribution < -0.4 is 5.32 Å². The van der Waals surface area contributed by atoms with Crippen LogP contribution >= 0.6 is 27.7 Å². The van der Waals surface area contributed by atoms with Gasteiger partial charge in [-0.05, 0) is 18.2 Å². The number of hydrogen-bond acceptors (Lipinski definition) is 6. The number of halogens is 1. The van der Waals surface area contributed by atoms with Crippen LogP contribution in [-0.2, 0) is 9.59 Å². The van der Waals surface area contributed by atoms with Crippen LogP contribution in [0.3, 0.4) is 0 Å². The summed E-state index contributed by atoms with van der Waals surface area (Å²) in [5, 5.41) is 27.8. The number of aromatic hydroxyl groups is 1. The first-order chi connectivity index (χ1) is 9.95. The molecule has 7 nitrogen and oxygen atoms in total. The molecule has 0 aromatic heterocycles. The van der Waals surface area contributed by atoms with Crippen molar-refractivity contribution in [2.24, 2.45) is 10.2 Å². The third kappa shape index (κ3) is 4.30. The van der Waals surface area contributed by atoms with Crippen molar-refractivity contribution in [1.82, 2.24) is 5.32 Å². The van der Waals surface area contributed by atoms with Gasteiger partial charge < -0.3 is 15.5 Å². The Morgan fingerprint density at radius 2 is 2.29 bits per heavy atom. The molecule has 3 N–H and O–H groups in total. The summed E-state index contributed by atoms with van der Waals surface area (Å²) in [6.45, 7) is 0. The van der Waals surface area contributed by atoms with Gasteiger partial charge in [-0.3, -0.25) is 9.59 Å². The second-order valence-electron chi connectivity index (χ2n) is 4.05. The molecule has 1 heterocycles. The van der Waals surface area contributed by atoms with Gasteiger partial charge in [-0.1, -0.05) is 27.7 Å². The van der Waals surface area contributed by atoms with E-state index in [1.54, 1.807) is 12.1 Å². The Labute approximate surface area is 132 Å². The highest BCUT2D eigenvalue weighted by atomic mass is 79.9. The molecule has 1 saturated heterocycles. The number of carboxylic acids is 1. The van der Waals surface area contributed by atoms with Gasteiger partial charge in [0.05, 0.1) is 12.6 Å². The minimum Gasteiger partial charge on any atom is -0.507 e. The number of carbonyl (C=O) groups is 2. The maximum absolute atomic E-state index is 11.5. The van der Waals surface area contributed by atoms with E-state index in [1.165, 1.54) is 12.3 Å². The molecule has 9 heteroatoms. The highest BCUT2D eigenvalue weighted by Crippen LogP contribution is 2.23. The van der Waals surface area contributed by atoms with E-state index >= 15 is 0 Å². The van der Waals surface area contributed by atoms with Gasteiger partial charge in [0.15, 0.2) is 5.17 Å². The molecule has 1 aliphatic heterocycles. The Morgan fingerprint density at radius 3 is 3.00 bits per heavy atom. The Kier molecular flexibility index (Phi) is 4.97. The number of amides is 1. The van der Waals surface area contributed by atoms with Crippen molar-refractivity contribution in [2.45, 2.75) is 11.7 Å². The minimum atomic E-state index is -1.05. The van der Waals surface area contributed by atoms with E-state index in [9.17, 15) is 14.7 Å². The van der Waals surface area contributed by atoms with Gasteiger partial charge in [0.25, 0.3) is 0 Å². The molecule has 21 heavy (non-hydrogen) atoms. The van der Waals surface area contributed by atoms with E-state index in [2.05, 4.69) is 31.4 Å². The van der Waals surface area contributed by atoms with Crippen LogP contribution in [0.2, 0.25) is 0 Å².